The number of carboxylic acids is 1. The molecule has 0 aromatic carbocycles. The van der Waals surface area contributed by atoms with E-state index >= 15 is 0 Å². The first-order chi connectivity index (χ1) is 5.24. The maximum Gasteiger partial charge on any atom is 0.336 e. The summed E-state index contributed by atoms with van der Waals surface area (Å²) < 4.78 is 0. The minimum absolute atomic E-state index is 0.367. The molecule has 0 spiro atoms. The van der Waals surface area contributed by atoms with E-state index in [0.29, 0.717) is 5.56 Å². The number of allylic oxidation sites excluding steroid dienone is 1. The van der Waals surface area contributed by atoms with Crippen LogP contribution in [0.2, 0.25) is 0 Å². The van der Waals surface area contributed by atoms with Crippen molar-refractivity contribution in [3.05, 3.63) is 34.5 Å². The van der Waals surface area contributed by atoms with Crippen LogP contribution < -0.4 is 0 Å². The molecule has 1 rings (SSSR count). The van der Waals surface area contributed by atoms with Gasteiger partial charge in [-0.3, -0.25) is 0 Å². The average molecular weight is 168 g/mol. The third kappa shape index (κ3) is 1.91. The van der Waals surface area contributed by atoms with Crippen LogP contribution in [0.25, 0.3) is 0 Å². The van der Waals surface area contributed by atoms with E-state index in [4.69, 9.17) is 5.11 Å². The predicted octanol–water partition coefficient (Wildman–Crippen LogP) is 2.17. The predicted molar refractivity (Wildman–Crippen MR) is 45.2 cm³/mol. The van der Waals surface area contributed by atoms with Gasteiger partial charge >= 0.3 is 5.97 Å². The van der Waals surface area contributed by atoms with Gasteiger partial charge < -0.3 is 5.11 Å². The van der Waals surface area contributed by atoms with E-state index in [1.54, 1.807) is 17.5 Å². The first-order valence-electron chi connectivity index (χ1n) is 3.15. The van der Waals surface area contributed by atoms with Crippen LogP contribution in [0.3, 0.4) is 0 Å². The third-order valence-corrected chi connectivity index (χ3v) is 2.21. The summed E-state index contributed by atoms with van der Waals surface area (Å²) >= 11 is 1.45. The highest BCUT2D eigenvalue weighted by molar-refractivity contribution is 7.10. The van der Waals surface area contributed by atoms with E-state index in [1.165, 1.54) is 11.3 Å². The van der Waals surface area contributed by atoms with Crippen LogP contribution >= 0.6 is 11.3 Å². The first-order valence-corrected chi connectivity index (χ1v) is 4.03. The molecule has 0 saturated carbocycles. The third-order valence-electron chi connectivity index (χ3n) is 1.25. The molecule has 0 amide bonds. The van der Waals surface area contributed by atoms with Crippen LogP contribution in [0.5, 0.6) is 0 Å². The molecule has 1 heterocycles. The van der Waals surface area contributed by atoms with E-state index in [0.717, 1.165) is 11.3 Å². The molecule has 1 aromatic heterocycles. The van der Waals surface area contributed by atoms with E-state index in [2.05, 4.69) is 6.58 Å². The molecule has 0 saturated heterocycles. The van der Waals surface area contributed by atoms with Gasteiger partial charge in [-0.15, -0.1) is 17.9 Å². The zero-order valence-corrected chi connectivity index (χ0v) is 6.73. The van der Waals surface area contributed by atoms with Gasteiger partial charge in [-0.25, -0.2) is 4.79 Å². The van der Waals surface area contributed by atoms with Crippen LogP contribution in [0.1, 0.15) is 15.2 Å². The molecule has 0 aliphatic rings. The fourth-order valence-corrected chi connectivity index (χ4v) is 1.60. The fourth-order valence-electron chi connectivity index (χ4n) is 0.742. The van der Waals surface area contributed by atoms with E-state index in [-0.39, 0.29) is 0 Å². The monoisotopic (exact) mass is 168 g/mol. The summed E-state index contributed by atoms with van der Waals surface area (Å²) in [4.78, 5) is 11.4. The van der Waals surface area contributed by atoms with Crippen molar-refractivity contribution >= 4 is 17.3 Å². The number of thiophene rings is 1. The average Bonchev–Trinajstić information content (AvgIpc) is 2.37. The topological polar surface area (TPSA) is 37.3 Å². The molecule has 0 aliphatic heterocycles. The zero-order valence-electron chi connectivity index (χ0n) is 5.91. The Labute approximate surface area is 68.8 Å². The molecule has 0 unspecified atom stereocenters. The van der Waals surface area contributed by atoms with Crippen molar-refractivity contribution in [3.8, 4) is 0 Å². The molecule has 1 aromatic rings. The Morgan fingerprint density at radius 2 is 2.55 bits per heavy atom. The second kappa shape index (κ2) is 3.34. The highest BCUT2D eigenvalue weighted by atomic mass is 32.1. The van der Waals surface area contributed by atoms with Crippen molar-refractivity contribution in [1.29, 1.82) is 0 Å². The summed E-state index contributed by atoms with van der Waals surface area (Å²) in [6, 6.07) is 1.68. The fraction of sp³-hybridized carbons (Fsp3) is 0.125. The molecular weight excluding hydrogens is 160 g/mol. The second-order valence-corrected chi connectivity index (χ2v) is 3.10. The Kier molecular flexibility index (Phi) is 2.44. The summed E-state index contributed by atoms with van der Waals surface area (Å²) in [7, 11) is 0. The van der Waals surface area contributed by atoms with E-state index < -0.39 is 5.97 Å². The summed E-state index contributed by atoms with van der Waals surface area (Å²) in [5.74, 6) is -0.864. The number of rotatable bonds is 3. The molecule has 0 bridgehead atoms. The summed E-state index contributed by atoms with van der Waals surface area (Å²) in [6.45, 7) is 3.57. The molecule has 0 fully saturated rings. The first kappa shape index (κ1) is 8.01. The van der Waals surface area contributed by atoms with Gasteiger partial charge in [0.15, 0.2) is 0 Å². The van der Waals surface area contributed by atoms with Crippen molar-refractivity contribution < 1.29 is 9.90 Å². The summed E-state index contributed by atoms with van der Waals surface area (Å²) in [5.41, 5.74) is 0.367. The van der Waals surface area contributed by atoms with Crippen LogP contribution in [0.15, 0.2) is 24.1 Å². The smallest absolute Gasteiger partial charge is 0.336 e. The summed E-state index contributed by atoms with van der Waals surface area (Å²) in [6.07, 6.45) is 2.51. The van der Waals surface area contributed by atoms with Crippen molar-refractivity contribution in [3.63, 3.8) is 0 Å². The van der Waals surface area contributed by atoms with Gasteiger partial charge in [0.2, 0.25) is 0 Å². The van der Waals surface area contributed by atoms with Crippen LogP contribution in [0.4, 0.5) is 0 Å². The van der Waals surface area contributed by atoms with Crippen molar-refractivity contribution in [2.75, 3.05) is 0 Å². The lowest BCUT2D eigenvalue weighted by molar-refractivity contribution is 0.0697. The van der Waals surface area contributed by atoms with Crippen molar-refractivity contribution in [2.45, 2.75) is 6.42 Å². The van der Waals surface area contributed by atoms with Crippen LogP contribution in [-0.2, 0) is 6.42 Å². The molecule has 2 nitrogen and oxygen atoms in total. The van der Waals surface area contributed by atoms with E-state index in [1.807, 2.05) is 0 Å². The second-order valence-electron chi connectivity index (χ2n) is 2.10. The lowest BCUT2D eigenvalue weighted by Crippen LogP contribution is -1.91. The molecule has 58 valence electrons. The highest BCUT2D eigenvalue weighted by Crippen LogP contribution is 2.15. The van der Waals surface area contributed by atoms with Gasteiger partial charge in [0.25, 0.3) is 0 Å². The number of hydrogen-bond donors (Lipinski definition) is 1. The molecule has 11 heavy (non-hydrogen) atoms. The van der Waals surface area contributed by atoms with Gasteiger partial charge in [0.1, 0.15) is 0 Å². The van der Waals surface area contributed by atoms with Gasteiger partial charge in [-0.1, -0.05) is 6.08 Å². The van der Waals surface area contributed by atoms with Gasteiger partial charge in [-0.2, -0.15) is 0 Å². The van der Waals surface area contributed by atoms with Gasteiger partial charge in [0.05, 0.1) is 5.56 Å². The zero-order chi connectivity index (χ0) is 8.27. The lowest BCUT2D eigenvalue weighted by atomic mass is 10.3. The van der Waals surface area contributed by atoms with Gasteiger partial charge in [0, 0.05) is 10.3 Å². The Morgan fingerprint density at radius 3 is 3.00 bits per heavy atom. The molecule has 1 N–H and O–H groups in total. The maximum absolute atomic E-state index is 10.4. The normalized spacial score (nSPS) is 9.45. The minimum Gasteiger partial charge on any atom is -0.478 e. The van der Waals surface area contributed by atoms with Crippen LogP contribution in [0, 0.1) is 0 Å². The number of hydrogen-bond acceptors (Lipinski definition) is 2. The Morgan fingerprint density at radius 1 is 1.82 bits per heavy atom. The van der Waals surface area contributed by atoms with Crippen molar-refractivity contribution in [2.24, 2.45) is 0 Å². The SMILES string of the molecule is C=CCc1cc(C(=O)O)cs1. The number of aromatic carboxylic acids is 1. The molecule has 3 heteroatoms. The molecule has 0 atom stereocenters. The Balaban J connectivity index is 2.81. The quantitative estimate of drug-likeness (QED) is 0.702. The minimum atomic E-state index is -0.864. The molecular formula is C8H8O2S. The van der Waals surface area contributed by atoms with E-state index in [9.17, 15) is 4.79 Å². The highest BCUT2D eigenvalue weighted by Gasteiger charge is 2.04. The number of carboxylic acid groups (broad SMARTS) is 1. The summed E-state index contributed by atoms with van der Waals surface area (Å²) in [5, 5.41) is 10.2. The lowest BCUT2D eigenvalue weighted by Gasteiger charge is -1.84. The molecule has 0 radical (unpaired) electrons. The Bertz CT molecular complexity index is 275. The largest absolute Gasteiger partial charge is 0.478 e. The molecule has 0 aliphatic carbocycles. The van der Waals surface area contributed by atoms with Gasteiger partial charge in [-0.05, 0) is 12.5 Å². The Hall–Kier alpha value is -1.09. The number of carbonyl (C=O) groups is 1. The van der Waals surface area contributed by atoms with Crippen LogP contribution in [-0.4, -0.2) is 11.1 Å². The maximum atomic E-state index is 10.4. The van der Waals surface area contributed by atoms with Crippen molar-refractivity contribution in [1.82, 2.24) is 0 Å². The standard InChI is InChI=1S/C8H8O2S/c1-2-3-7-4-6(5-11-7)8(9)10/h2,4-5H,1,3H2,(H,9,10).